The summed E-state index contributed by atoms with van der Waals surface area (Å²) < 4.78 is 5.39. The highest BCUT2D eigenvalue weighted by atomic mass is 35.5. The zero-order valence-corrected chi connectivity index (χ0v) is 19.3. The van der Waals surface area contributed by atoms with Crippen molar-refractivity contribution in [3.63, 3.8) is 0 Å². The number of hydrogen-bond acceptors (Lipinski definition) is 7. The molecular weight excluding hydrogens is 464 g/mol. The molecule has 0 aliphatic carbocycles. The minimum absolute atomic E-state index is 0.0661. The third-order valence-corrected chi connectivity index (χ3v) is 5.89. The van der Waals surface area contributed by atoms with Crippen LogP contribution in [-0.2, 0) is 9.59 Å². The summed E-state index contributed by atoms with van der Waals surface area (Å²) in [5.41, 5.74) is 1.90. The lowest BCUT2D eigenvalue weighted by Gasteiger charge is -2.15. The second kappa shape index (κ2) is 9.43. The number of nitrogens with zero attached hydrogens (tertiary/aromatic N) is 2. The highest BCUT2D eigenvalue weighted by Crippen LogP contribution is 2.31. The van der Waals surface area contributed by atoms with E-state index < -0.39 is 11.8 Å². The van der Waals surface area contributed by atoms with Crippen molar-refractivity contribution in [1.29, 1.82) is 0 Å². The van der Waals surface area contributed by atoms with Crippen molar-refractivity contribution in [2.45, 2.75) is 13.8 Å². The predicted octanol–water partition coefficient (Wildman–Crippen LogP) is 4.54. The van der Waals surface area contributed by atoms with Crippen molar-refractivity contribution >= 4 is 57.2 Å². The molecule has 0 unspecified atom stereocenters. The molecule has 0 bridgehead atoms. The van der Waals surface area contributed by atoms with Crippen molar-refractivity contribution in [3.8, 4) is 5.75 Å². The van der Waals surface area contributed by atoms with E-state index in [0.717, 1.165) is 10.6 Å². The zero-order chi connectivity index (χ0) is 23.5. The Bertz CT molecular complexity index is 1270. The number of nitrogens with one attached hydrogen (secondary N) is 2. The molecule has 3 amide bonds. The van der Waals surface area contributed by atoms with Crippen LogP contribution in [0, 0.1) is 6.92 Å². The number of carbonyl (C=O) groups excluding carboxylic acids is 3. The Balaban J connectivity index is 1.51. The molecular formula is C23H19ClN4O4S. The maximum absolute atomic E-state index is 13.0. The first-order valence-electron chi connectivity index (χ1n) is 9.99. The summed E-state index contributed by atoms with van der Waals surface area (Å²) in [6.45, 7) is 4.20. The molecule has 4 rings (SSSR count). The highest BCUT2D eigenvalue weighted by molar-refractivity contribution is 7.13. The number of anilines is 3. The van der Waals surface area contributed by atoms with E-state index >= 15 is 0 Å². The number of halogens is 1. The fraction of sp³-hybridized carbons (Fsp3) is 0.130. The number of benzene rings is 2. The van der Waals surface area contributed by atoms with Gasteiger partial charge in [0.05, 0.1) is 18.0 Å². The minimum Gasteiger partial charge on any atom is -0.494 e. The summed E-state index contributed by atoms with van der Waals surface area (Å²) in [6, 6.07) is 13.1. The Kier molecular flexibility index (Phi) is 6.43. The van der Waals surface area contributed by atoms with Gasteiger partial charge in [0.25, 0.3) is 17.7 Å². The number of amides is 3. The first-order chi connectivity index (χ1) is 15.9. The zero-order valence-electron chi connectivity index (χ0n) is 17.7. The van der Waals surface area contributed by atoms with Crippen LogP contribution in [0.15, 0.2) is 64.6 Å². The Morgan fingerprint density at radius 2 is 1.91 bits per heavy atom. The summed E-state index contributed by atoms with van der Waals surface area (Å²) in [5, 5.41) is 7.70. The SMILES string of the molecule is CCOc1ccc(N2C(=O)C(Cl)=C(Nc3cccc(C(=O)Nc4nc(C)cs4)c3)C2=O)cc1. The van der Waals surface area contributed by atoms with Crippen LogP contribution >= 0.6 is 22.9 Å². The Labute approximate surface area is 198 Å². The van der Waals surface area contributed by atoms with E-state index in [9.17, 15) is 14.4 Å². The van der Waals surface area contributed by atoms with Gasteiger partial charge in [-0.2, -0.15) is 0 Å². The summed E-state index contributed by atoms with van der Waals surface area (Å²) >= 11 is 7.53. The van der Waals surface area contributed by atoms with Crippen LogP contribution in [0.3, 0.4) is 0 Å². The lowest BCUT2D eigenvalue weighted by Crippen LogP contribution is -2.32. The molecule has 33 heavy (non-hydrogen) atoms. The van der Waals surface area contributed by atoms with Gasteiger partial charge in [-0.15, -0.1) is 11.3 Å². The molecule has 10 heteroatoms. The van der Waals surface area contributed by atoms with Crippen molar-refractivity contribution < 1.29 is 19.1 Å². The average Bonchev–Trinajstić information content (AvgIpc) is 3.30. The minimum atomic E-state index is -0.638. The molecule has 0 saturated carbocycles. The normalized spacial score (nSPS) is 13.5. The first-order valence-corrected chi connectivity index (χ1v) is 11.2. The number of rotatable bonds is 7. The summed E-state index contributed by atoms with van der Waals surface area (Å²) in [6.07, 6.45) is 0. The molecule has 2 heterocycles. The largest absolute Gasteiger partial charge is 0.494 e. The van der Waals surface area contributed by atoms with Gasteiger partial charge < -0.3 is 10.1 Å². The van der Waals surface area contributed by atoms with E-state index in [4.69, 9.17) is 16.3 Å². The molecule has 8 nitrogen and oxygen atoms in total. The van der Waals surface area contributed by atoms with Gasteiger partial charge in [-0.3, -0.25) is 19.7 Å². The Morgan fingerprint density at radius 3 is 2.58 bits per heavy atom. The van der Waals surface area contributed by atoms with Gasteiger partial charge in [-0.25, -0.2) is 9.88 Å². The third-order valence-electron chi connectivity index (χ3n) is 4.67. The predicted molar refractivity (Wildman–Crippen MR) is 128 cm³/mol. The quantitative estimate of drug-likeness (QED) is 0.479. The molecule has 0 spiro atoms. The van der Waals surface area contributed by atoms with Crippen LogP contribution in [-0.4, -0.2) is 29.3 Å². The maximum atomic E-state index is 13.0. The van der Waals surface area contributed by atoms with Crippen LogP contribution in [0.5, 0.6) is 5.75 Å². The highest BCUT2D eigenvalue weighted by Gasteiger charge is 2.39. The van der Waals surface area contributed by atoms with E-state index in [1.165, 1.54) is 11.3 Å². The molecule has 3 aromatic rings. The number of aromatic nitrogens is 1. The van der Waals surface area contributed by atoms with Gasteiger partial charge in [0.15, 0.2) is 5.13 Å². The van der Waals surface area contributed by atoms with Crippen molar-refractivity contribution in [1.82, 2.24) is 4.98 Å². The molecule has 0 radical (unpaired) electrons. The lowest BCUT2D eigenvalue weighted by molar-refractivity contribution is -0.120. The van der Waals surface area contributed by atoms with Gasteiger partial charge in [0.1, 0.15) is 16.5 Å². The number of carbonyl (C=O) groups is 3. The van der Waals surface area contributed by atoms with Crippen molar-refractivity contribution in [2.75, 3.05) is 22.1 Å². The number of imide groups is 1. The molecule has 2 N–H and O–H groups in total. The molecule has 0 fully saturated rings. The van der Waals surface area contributed by atoms with E-state index in [-0.39, 0.29) is 16.6 Å². The van der Waals surface area contributed by atoms with Gasteiger partial charge in [0.2, 0.25) is 0 Å². The van der Waals surface area contributed by atoms with E-state index in [1.807, 2.05) is 19.2 Å². The summed E-state index contributed by atoms with van der Waals surface area (Å²) in [5.74, 6) is -0.956. The van der Waals surface area contributed by atoms with Crippen LogP contribution in [0.2, 0.25) is 0 Å². The fourth-order valence-electron chi connectivity index (χ4n) is 3.17. The second-order valence-electron chi connectivity index (χ2n) is 7.02. The standard InChI is InChI=1S/C23H19ClN4O4S/c1-3-32-17-9-7-16(8-10-17)28-21(30)18(24)19(22(28)31)26-15-6-4-5-14(11-15)20(29)27-23-25-13(2)12-33-23/h4-12,26H,3H2,1-2H3,(H,25,27,29). The average molecular weight is 483 g/mol. The van der Waals surface area contributed by atoms with Gasteiger partial charge in [0, 0.05) is 16.6 Å². The van der Waals surface area contributed by atoms with Crippen LogP contribution in [0.1, 0.15) is 23.0 Å². The fourth-order valence-corrected chi connectivity index (χ4v) is 4.06. The molecule has 1 aliphatic rings. The van der Waals surface area contributed by atoms with Gasteiger partial charge in [-0.1, -0.05) is 17.7 Å². The number of aryl methyl sites for hydroxylation is 1. The first kappa shape index (κ1) is 22.5. The lowest BCUT2D eigenvalue weighted by atomic mass is 10.2. The number of ether oxygens (including phenoxy) is 1. The smallest absolute Gasteiger partial charge is 0.283 e. The van der Waals surface area contributed by atoms with E-state index in [0.29, 0.717) is 34.4 Å². The third kappa shape index (κ3) is 4.74. The van der Waals surface area contributed by atoms with E-state index in [1.54, 1.807) is 48.5 Å². The van der Waals surface area contributed by atoms with Crippen LogP contribution in [0.25, 0.3) is 0 Å². The van der Waals surface area contributed by atoms with Crippen molar-refractivity contribution in [3.05, 3.63) is 75.9 Å². The Hall–Kier alpha value is -3.69. The summed E-state index contributed by atoms with van der Waals surface area (Å²) in [7, 11) is 0. The molecule has 1 aliphatic heterocycles. The molecule has 1 aromatic heterocycles. The van der Waals surface area contributed by atoms with Crippen LogP contribution < -0.4 is 20.3 Å². The monoisotopic (exact) mass is 482 g/mol. The number of hydrogen-bond donors (Lipinski definition) is 2. The number of thiazole rings is 1. The second-order valence-corrected chi connectivity index (χ2v) is 8.25. The van der Waals surface area contributed by atoms with Gasteiger partial charge in [-0.05, 0) is 56.3 Å². The van der Waals surface area contributed by atoms with Crippen molar-refractivity contribution in [2.24, 2.45) is 0 Å². The summed E-state index contributed by atoms with van der Waals surface area (Å²) in [4.78, 5) is 43.4. The molecule has 2 aromatic carbocycles. The maximum Gasteiger partial charge on any atom is 0.283 e. The van der Waals surface area contributed by atoms with Crippen LogP contribution in [0.4, 0.5) is 16.5 Å². The van der Waals surface area contributed by atoms with Gasteiger partial charge >= 0.3 is 0 Å². The van der Waals surface area contributed by atoms with E-state index in [2.05, 4.69) is 15.6 Å². The molecule has 0 atom stereocenters. The molecule has 168 valence electrons. The Morgan fingerprint density at radius 1 is 1.15 bits per heavy atom. The topological polar surface area (TPSA) is 101 Å². The molecule has 0 saturated heterocycles.